The van der Waals surface area contributed by atoms with Crippen LogP contribution in [0, 0.1) is 11.8 Å². The largest absolute Gasteiger partial charge is 0.465 e. The normalized spacial score (nSPS) is 23.5. The molecule has 3 atom stereocenters. The molecule has 0 spiro atoms. The molecule has 1 aromatic rings. The topological polar surface area (TPSA) is 65.2 Å². The molecular formula is C16H26N2O3. The molecule has 0 aliphatic heterocycles. The van der Waals surface area contributed by atoms with Gasteiger partial charge in [0.25, 0.3) is 0 Å². The standard InChI is InChI=1S/C16H26N2O3/c1-5-20-16(19)13(8-10(2)3)15-17-14(18-21-15)12-7-6-11(4)9-12/h10-13H,5-9H2,1-4H3. The summed E-state index contributed by atoms with van der Waals surface area (Å²) in [7, 11) is 0. The van der Waals surface area contributed by atoms with Crippen LogP contribution in [0.2, 0.25) is 0 Å². The van der Waals surface area contributed by atoms with E-state index in [0.717, 1.165) is 18.7 Å². The van der Waals surface area contributed by atoms with Crippen LogP contribution < -0.4 is 0 Å². The SMILES string of the molecule is CCOC(=O)C(CC(C)C)c1nc(C2CCC(C)C2)no1. The fourth-order valence-corrected chi connectivity index (χ4v) is 3.01. The zero-order valence-electron chi connectivity index (χ0n) is 13.5. The van der Waals surface area contributed by atoms with E-state index in [0.29, 0.717) is 36.7 Å². The van der Waals surface area contributed by atoms with E-state index in [-0.39, 0.29) is 5.97 Å². The van der Waals surface area contributed by atoms with Crippen molar-refractivity contribution in [3.05, 3.63) is 11.7 Å². The lowest BCUT2D eigenvalue weighted by Gasteiger charge is -2.13. The maximum absolute atomic E-state index is 12.1. The maximum atomic E-state index is 12.1. The molecule has 0 saturated heterocycles. The Bertz CT molecular complexity index is 470. The van der Waals surface area contributed by atoms with E-state index in [1.165, 1.54) is 6.42 Å². The minimum atomic E-state index is -0.440. The second kappa shape index (κ2) is 7.05. The maximum Gasteiger partial charge on any atom is 0.318 e. The van der Waals surface area contributed by atoms with Crippen molar-refractivity contribution in [2.45, 2.75) is 65.2 Å². The first kappa shape index (κ1) is 16.0. The van der Waals surface area contributed by atoms with Crippen molar-refractivity contribution in [2.24, 2.45) is 11.8 Å². The molecule has 1 saturated carbocycles. The molecule has 0 radical (unpaired) electrons. The van der Waals surface area contributed by atoms with Gasteiger partial charge in [0.15, 0.2) is 5.82 Å². The number of ether oxygens (including phenoxy) is 1. The van der Waals surface area contributed by atoms with Crippen molar-refractivity contribution < 1.29 is 14.1 Å². The molecule has 5 heteroatoms. The number of nitrogens with zero attached hydrogens (tertiary/aromatic N) is 2. The minimum Gasteiger partial charge on any atom is -0.465 e. The third-order valence-electron chi connectivity index (χ3n) is 4.09. The number of carbonyl (C=O) groups excluding carboxylic acids is 1. The summed E-state index contributed by atoms with van der Waals surface area (Å²) in [4.78, 5) is 16.6. The highest BCUT2D eigenvalue weighted by Gasteiger charge is 2.32. The molecule has 0 aromatic carbocycles. The highest BCUT2D eigenvalue weighted by Crippen LogP contribution is 2.37. The van der Waals surface area contributed by atoms with Gasteiger partial charge >= 0.3 is 5.97 Å². The lowest BCUT2D eigenvalue weighted by molar-refractivity contribution is -0.146. The highest BCUT2D eigenvalue weighted by molar-refractivity contribution is 5.76. The first-order valence-electron chi connectivity index (χ1n) is 8.01. The Balaban J connectivity index is 2.13. The molecule has 0 amide bonds. The van der Waals surface area contributed by atoms with Gasteiger partial charge < -0.3 is 9.26 Å². The van der Waals surface area contributed by atoms with Crippen LogP contribution in [0.1, 0.15) is 76.9 Å². The Morgan fingerprint density at radius 2 is 2.19 bits per heavy atom. The Hall–Kier alpha value is -1.39. The number of hydrogen-bond donors (Lipinski definition) is 0. The van der Waals surface area contributed by atoms with Crippen molar-refractivity contribution in [3.63, 3.8) is 0 Å². The Kier molecular flexibility index (Phi) is 5.37. The molecule has 1 aliphatic rings. The predicted molar refractivity (Wildman–Crippen MR) is 78.9 cm³/mol. The van der Waals surface area contributed by atoms with Gasteiger partial charge in [-0.1, -0.05) is 25.9 Å². The van der Waals surface area contributed by atoms with Crippen LogP contribution in [-0.4, -0.2) is 22.7 Å². The van der Waals surface area contributed by atoms with Gasteiger partial charge in [-0.2, -0.15) is 4.98 Å². The lowest BCUT2D eigenvalue weighted by atomic mass is 9.97. The predicted octanol–water partition coefficient (Wildman–Crippen LogP) is 3.67. The van der Waals surface area contributed by atoms with Gasteiger partial charge in [-0.3, -0.25) is 4.79 Å². The van der Waals surface area contributed by atoms with Crippen molar-refractivity contribution in [1.82, 2.24) is 10.1 Å². The van der Waals surface area contributed by atoms with Crippen LogP contribution in [0.4, 0.5) is 0 Å². The van der Waals surface area contributed by atoms with Crippen molar-refractivity contribution in [3.8, 4) is 0 Å². The summed E-state index contributed by atoms with van der Waals surface area (Å²) in [6, 6.07) is 0. The van der Waals surface area contributed by atoms with Gasteiger partial charge in [-0.15, -0.1) is 0 Å². The Morgan fingerprint density at radius 1 is 1.43 bits per heavy atom. The van der Waals surface area contributed by atoms with E-state index in [1.54, 1.807) is 0 Å². The van der Waals surface area contributed by atoms with E-state index in [1.807, 2.05) is 6.92 Å². The second-order valence-corrected chi connectivity index (χ2v) is 6.54. The fraction of sp³-hybridized carbons (Fsp3) is 0.812. The van der Waals surface area contributed by atoms with E-state index in [2.05, 4.69) is 30.9 Å². The molecule has 2 rings (SSSR count). The van der Waals surface area contributed by atoms with Crippen molar-refractivity contribution in [1.29, 1.82) is 0 Å². The first-order valence-corrected chi connectivity index (χ1v) is 8.01. The van der Waals surface area contributed by atoms with Crippen molar-refractivity contribution >= 4 is 5.97 Å². The molecule has 1 aromatic heterocycles. The van der Waals surface area contributed by atoms with E-state index in [4.69, 9.17) is 9.26 Å². The van der Waals surface area contributed by atoms with Crippen LogP contribution in [-0.2, 0) is 9.53 Å². The summed E-state index contributed by atoms with van der Waals surface area (Å²) >= 11 is 0. The quantitative estimate of drug-likeness (QED) is 0.749. The number of esters is 1. The van der Waals surface area contributed by atoms with E-state index in [9.17, 15) is 4.79 Å². The van der Waals surface area contributed by atoms with E-state index >= 15 is 0 Å². The lowest BCUT2D eigenvalue weighted by Crippen LogP contribution is -2.18. The van der Waals surface area contributed by atoms with E-state index < -0.39 is 5.92 Å². The number of hydrogen-bond acceptors (Lipinski definition) is 5. The zero-order valence-corrected chi connectivity index (χ0v) is 13.5. The third kappa shape index (κ3) is 4.05. The average Bonchev–Trinajstić information content (AvgIpc) is 3.04. The van der Waals surface area contributed by atoms with Gasteiger partial charge in [0.1, 0.15) is 5.92 Å². The van der Waals surface area contributed by atoms with Gasteiger partial charge in [0.2, 0.25) is 5.89 Å². The summed E-state index contributed by atoms with van der Waals surface area (Å²) in [5, 5.41) is 4.11. The summed E-state index contributed by atoms with van der Waals surface area (Å²) in [5.41, 5.74) is 0. The highest BCUT2D eigenvalue weighted by atomic mass is 16.5. The Morgan fingerprint density at radius 3 is 2.76 bits per heavy atom. The van der Waals surface area contributed by atoms with Crippen LogP contribution in [0.3, 0.4) is 0 Å². The summed E-state index contributed by atoms with van der Waals surface area (Å²) in [6.45, 7) is 8.57. The molecule has 3 unspecified atom stereocenters. The number of aromatic nitrogens is 2. The third-order valence-corrected chi connectivity index (χ3v) is 4.09. The molecule has 0 N–H and O–H groups in total. The molecule has 1 aliphatic carbocycles. The Labute approximate surface area is 126 Å². The number of rotatable bonds is 6. The van der Waals surface area contributed by atoms with Gasteiger partial charge in [-0.05, 0) is 44.4 Å². The smallest absolute Gasteiger partial charge is 0.318 e. The molecule has 0 bridgehead atoms. The molecule has 21 heavy (non-hydrogen) atoms. The monoisotopic (exact) mass is 294 g/mol. The molecule has 5 nitrogen and oxygen atoms in total. The summed E-state index contributed by atoms with van der Waals surface area (Å²) in [5.74, 6) is 1.92. The number of carbonyl (C=O) groups is 1. The zero-order chi connectivity index (χ0) is 15.4. The van der Waals surface area contributed by atoms with Crippen LogP contribution in [0.25, 0.3) is 0 Å². The van der Waals surface area contributed by atoms with Gasteiger partial charge in [-0.25, -0.2) is 0 Å². The first-order chi connectivity index (χ1) is 10.0. The van der Waals surface area contributed by atoms with Crippen molar-refractivity contribution in [2.75, 3.05) is 6.61 Å². The van der Waals surface area contributed by atoms with Gasteiger partial charge in [0.05, 0.1) is 6.61 Å². The molecule has 1 fully saturated rings. The second-order valence-electron chi connectivity index (χ2n) is 6.54. The minimum absolute atomic E-state index is 0.263. The average molecular weight is 294 g/mol. The van der Waals surface area contributed by atoms with Gasteiger partial charge in [0, 0.05) is 5.92 Å². The summed E-state index contributed by atoms with van der Waals surface area (Å²) in [6.07, 6.45) is 4.09. The summed E-state index contributed by atoms with van der Waals surface area (Å²) < 4.78 is 10.5. The van der Waals surface area contributed by atoms with Crippen LogP contribution in [0.5, 0.6) is 0 Å². The molecule has 1 heterocycles. The fourth-order valence-electron chi connectivity index (χ4n) is 3.01. The molecular weight excluding hydrogens is 268 g/mol. The molecule has 118 valence electrons. The van der Waals surface area contributed by atoms with Crippen LogP contribution >= 0.6 is 0 Å². The van der Waals surface area contributed by atoms with Crippen LogP contribution in [0.15, 0.2) is 4.52 Å².